The Morgan fingerprint density at radius 2 is 1.34 bits per heavy atom. The van der Waals surface area contributed by atoms with E-state index in [1.54, 1.807) is 24.3 Å². The van der Waals surface area contributed by atoms with Gasteiger partial charge in [0.2, 0.25) is 0 Å². The van der Waals surface area contributed by atoms with Crippen LogP contribution < -0.4 is 4.74 Å². The number of carbonyl (C=O) groups excluding carboxylic acids is 2. The van der Waals surface area contributed by atoms with Crippen molar-refractivity contribution in [3.63, 3.8) is 0 Å². The summed E-state index contributed by atoms with van der Waals surface area (Å²) in [6.07, 6.45) is 2.83. The standard InChI is InChI=1S/C15H17BrO3.C12H13BrO3/c1-5-6-19-14-11(7-10(2)3)8-12(9-13(14)16)15(17)18-4;1-7(2)4-8-5-9(12(15)16-3)6-10(13)11(8)14/h5,8-9H,1-2,6-7H2,3-4H3;5-6,14H,1,4H2,2-3H3. The molecular weight excluding hydrogens is 580 g/mol. The Labute approximate surface area is 223 Å². The molecule has 0 heterocycles. The van der Waals surface area contributed by atoms with Gasteiger partial charge in [0.05, 0.1) is 34.3 Å². The van der Waals surface area contributed by atoms with Crippen molar-refractivity contribution in [1.29, 1.82) is 0 Å². The summed E-state index contributed by atoms with van der Waals surface area (Å²) in [7, 11) is 2.68. The predicted molar refractivity (Wildman–Crippen MR) is 145 cm³/mol. The SMILES string of the molecule is C=C(C)Cc1cc(C(=O)OC)cc(Br)c1O.C=CCOc1c(Br)cc(C(=O)OC)cc1CC(=C)C. The quantitative estimate of drug-likeness (QED) is 0.244. The van der Waals surface area contributed by atoms with Gasteiger partial charge < -0.3 is 19.3 Å². The Kier molecular flexibility index (Phi) is 12.5. The van der Waals surface area contributed by atoms with Crippen LogP contribution in [0.4, 0.5) is 0 Å². The number of esters is 2. The van der Waals surface area contributed by atoms with E-state index in [1.807, 2.05) is 13.8 Å². The lowest BCUT2D eigenvalue weighted by Gasteiger charge is -2.14. The van der Waals surface area contributed by atoms with E-state index in [0.29, 0.717) is 50.8 Å². The summed E-state index contributed by atoms with van der Waals surface area (Å²) in [6.45, 7) is 15.5. The maximum atomic E-state index is 11.6. The topological polar surface area (TPSA) is 82.1 Å². The summed E-state index contributed by atoms with van der Waals surface area (Å²) in [4.78, 5) is 23.0. The van der Waals surface area contributed by atoms with Crippen molar-refractivity contribution >= 4 is 43.8 Å². The van der Waals surface area contributed by atoms with Crippen LogP contribution in [0.5, 0.6) is 11.5 Å². The number of benzene rings is 2. The summed E-state index contributed by atoms with van der Waals surface area (Å²) in [6, 6.07) is 6.60. The van der Waals surface area contributed by atoms with Crippen LogP contribution >= 0.6 is 31.9 Å². The Balaban J connectivity index is 0.000000355. The first kappa shape index (κ1) is 30.2. The monoisotopic (exact) mass is 608 g/mol. The Bertz CT molecular complexity index is 1120. The van der Waals surface area contributed by atoms with Crippen molar-refractivity contribution in [2.24, 2.45) is 0 Å². The number of aromatic hydroxyl groups is 1. The van der Waals surface area contributed by atoms with Crippen molar-refractivity contribution in [3.8, 4) is 11.5 Å². The van der Waals surface area contributed by atoms with Gasteiger partial charge in [-0.25, -0.2) is 9.59 Å². The van der Waals surface area contributed by atoms with Crippen molar-refractivity contribution in [1.82, 2.24) is 0 Å². The van der Waals surface area contributed by atoms with Crippen molar-refractivity contribution < 1.29 is 28.9 Å². The van der Waals surface area contributed by atoms with E-state index in [2.05, 4.69) is 56.3 Å². The van der Waals surface area contributed by atoms with Crippen LogP contribution in [-0.2, 0) is 22.3 Å². The molecule has 188 valence electrons. The molecule has 2 aromatic rings. The van der Waals surface area contributed by atoms with E-state index in [4.69, 9.17) is 9.47 Å². The third-order valence-corrected chi connectivity index (χ3v) is 5.63. The van der Waals surface area contributed by atoms with Crippen LogP contribution in [0.3, 0.4) is 0 Å². The molecule has 0 aliphatic heterocycles. The van der Waals surface area contributed by atoms with Gasteiger partial charge in [-0.05, 0) is 88.4 Å². The molecular formula is C27H30Br2O6. The summed E-state index contributed by atoms with van der Waals surface area (Å²) in [5.74, 6) is 0.0359. The van der Waals surface area contributed by atoms with Gasteiger partial charge in [0.1, 0.15) is 18.1 Å². The summed E-state index contributed by atoms with van der Waals surface area (Å²) in [5.41, 5.74) is 4.33. The van der Waals surface area contributed by atoms with Gasteiger partial charge in [-0.15, -0.1) is 0 Å². The second kappa shape index (κ2) is 14.5. The first-order valence-corrected chi connectivity index (χ1v) is 12.1. The van der Waals surface area contributed by atoms with Gasteiger partial charge in [0, 0.05) is 5.56 Å². The molecule has 0 aromatic heterocycles. The minimum absolute atomic E-state index is 0.135. The average molecular weight is 610 g/mol. The summed E-state index contributed by atoms with van der Waals surface area (Å²) >= 11 is 6.62. The van der Waals surface area contributed by atoms with Gasteiger partial charge in [0.25, 0.3) is 0 Å². The molecule has 6 nitrogen and oxygen atoms in total. The van der Waals surface area contributed by atoms with Crippen molar-refractivity contribution in [2.75, 3.05) is 20.8 Å². The van der Waals surface area contributed by atoms with E-state index in [9.17, 15) is 14.7 Å². The highest BCUT2D eigenvalue weighted by molar-refractivity contribution is 9.10. The maximum absolute atomic E-state index is 11.6. The first-order chi connectivity index (χ1) is 16.4. The molecule has 0 fully saturated rings. The lowest BCUT2D eigenvalue weighted by molar-refractivity contribution is 0.0591. The molecule has 2 aromatic carbocycles. The molecule has 8 heteroatoms. The molecule has 0 bridgehead atoms. The van der Waals surface area contributed by atoms with Gasteiger partial charge in [0.15, 0.2) is 0 Å². The zero-order chi connectivity index (χ0) is 26.7. The molecule has 0 aliphatic carbocycles. The number of phenols is 1. The fourth-order valence-corrected chi connectivity index (χ4v) is 4.11. The number of carbonyl (C=O) groups is 2. The number of allylic oxidation sites excluding steroid dienone is 2. The molecule has 0 unspecified atom stereocenters. The van der Waals surface area contributed by atoms with E-state index < -0.39 is 5.97 Å². The van der Waals surface area contributed by atoms with Gasteiger partial charge in [-0.2, -0.15) is 0 Å². The summed E-state index contributed by atoms with van der Waals surface area (Å²) in [5, 5.41) is 9.79. The van der Waals surface area contributed by atoms with Crippen molar-refractivity contribution in [3.05, 3.63) is 92.4 Å². The number of halogens is 2. The second-order valence-electron chi connectivity index (χ2n) is 7.76. The third kappa shape index (κ3) is 9.38. The second-order valence-corrected chi connectivity index (χ2v) is 9.47. The van der Waals surface area contributed by atoms with Crippen molar-refractivity contribution in [2.45, 2.75) is 26.7 Å². The van der Waals surface area contributed by atoms with E-state index in [1.165, 1.54) is 20.3 Å². The van der Waals surface area contributed by atoms with E-state index >= 15 is 0 Å². The van der Waals surface area contributed by atoms with Crippen LogP contribution in [0, 0.1) is 0 Å². The molecule has 0 spiro atoms. The van der Waals surface area contributed by atoms with Crippen LogP contribution in [-0.4, -0.2) is 37.9 Å². The van der Waals surface area contributed by atoms with E-state index in [-0.39, 0.29) is 11.7 Å². The molecule has 1 N–H and O–H groups in total. The zero-order valence-corrected chi connectivity index (χ0v) is 23.5. The van der Waals surface area contributed by atoms with Crippen LogP contribution in [0.15, 0.2) is 70.2 Å². The predicted octanol–water partition coefficient (Wildman–Crippen LogP) is 6.98. The Morgan fingerprint density at radius 3 is 1.80 bits per heavy atom. The number of ether oxygens (including phenoxy) is 3. The molecule has 35 heavy (non-hydrogen) atoms. The highest BCUT2D eigenvalue weighted by atomic mass is 79.9. The number of hydrogen-bond donors (Lipinski definition) is 1. The lowest BCUT2D eigenvalue weighted by Crippen LogP contribution is -2.05. The largest absolute Gasteiger partial charge is 0.506 e. The highest BCUT2D eigenvalue weighted by Gasteiger charge is 2.15. The molecule has 2 rings (SSSR count). The summed E-state index contributed by atoms with van der Waals surface area (Å²) < 4.78 is 16.2. The van der Waals surface area contributed by atoms with Gasteiger partial charge in [-0.3, -0.25) is 0 Å². The van der Waals surface area contributed by atoms with Crippen LogP contribution in [0.25, 0.3) is 0 Å². The molecule has 0 atom stereocenters. The normalized spacial score (nSPS) is 9.89. The highest BCUT2D eigenvalue weighted by Crippen LogP contribution is 2.33. The fourth-order valence-electron chi connectivity index (χ4n) is 3.00. The number of rotatable bonds is 9. The molecule has 0 radical (unpaired) electrons. The maximum Gasteiger partial charge on any atom is 0.337 e. The zero-order valence-electron chi connectivity index (χ0n) is 20.4. The third-order valence-electron chi connectivity index (χ3n) is 4.44. The smallest absolute Gasteiger partial charge is 0.337 e. The number of phenolic OH excluding ortho intramolecular Hbond substituents is 1. The molecule has 0 saturated carbocycles. The van der Waals surface area contributed by atoms with Gasteiger partial charge >= 0.3 is 11.9 Å². The minimum Gasteiger partial charge on any atom is -0.506 e. The number of hydrogen-bond acceptors (Lipinski definition) is 6. The van der Waals surface area contributed by atoms with Gasteiger partial charge in [-0.1, -0.05) is 37.0 Å². The average Bonchev–Trinajstić information content (AvgIpc) is 2.79. The molecule has 0 aliphatic rings. The van der Waals surface area contributed by atoms with Crippen LogP contribution in [0.1, 0.15) is 45.7 Å². The first-order valence-electron chi connectivity index (χ1n) is 10.5. The Hall–Kier alpha value is -2.84. The van der Waals surface area contributed by atoms with Crippen LogP contribution in [0.2, 0.25) is 0 Å². The van der Waals surface area contributed by atoms with E-state index in [0.717, 1.165) is 16.7 Å². The number of methoxy groups -OCH3 is 2. The lowest BCUT2D eigenvalue weighted by atomic mass is 10.0. The Morgan fingerprint density at radius 1 is 0.886 bits per heavy atom. The fraction of sp³-hybridized carbons (Fsp3) is 0.259. The minimum atomic E-state index is -0.427. The molecule has 0 amide bonds. The molecule has 0 saturated heterocycles.